The Morgan fingerprint density at radius 3 is 2.70 bits per heavy atom. The topological polar surface area (TPSA) is 63.7 Å². The highest BCUT2D eigenvalue weighted by molar-refractivity contribution is 7.07. The van der Waals surface area contributed by atoms with Crippen molar-refractivity contribution in [3.05, 3.63) is 40.3 Å². The summed E-state index contributed by atoms with van der Waals surface area (Å²) in [6, 6.07) is 5.43. The molecule has 1 aromatic carbocycles. The maximum Gasteiger partial charge on any atom is 0.253 e. The highest BCUT2D eigenvalue weighted by Crippen LogP contribution is 2.31. The summed E-state index contributed by atoms with van der Waals surface area (Å²) in [6.07, 6.45) is 2.16. The second kappa shape index (κ2) is 8.27. The van der Waals surface area contributed by atoms with Gasteiger partial charge >= 0.3 is 0 Å². The van der Waals surface area contributed by atoms with Crippen LogP contribution in [0.15, 0.2) is 29.1 Å². The van der Waals surface area contributed by atoms with Crippen LogP contribution in [0, 0.1) is 11.8 Å². The van der Waals surface area contributed by atoms with Gasteiger partial charge in [-0.1, -0.05) is 0 Å². The molecule has 0 spiro atoms. The zero-order chi connectivity index (χ0) is 18.6. The van der Waals surface area contributed by atoms with Crippen molar-refractivity contribution in [1.29, 1.82) is 0 Å². The average Bonchev–Trinajstić information content (AvgIpc) is 3.34. The molecular weight excluding hydrogens is 362 g/mol. The third-order valence-corrected chi connectivity index (χ3v) is 6.21. The minimum absolute atomic E-state index is 0.0762. The Morgan fingerprint density at radius 1 is 1.26 bits per heavy atom. The Morgan fingerprint density at radius 2 is 2.04 bits per heavy atom. The Labute approximate surface area is 163 Å². The lowest BCUT2D eigenvalue weighted by atomic mass is 9.92. The first-order chi connectivity index (χ1) is 13.2. The standard InChI is InChI=1S/C20H25N3O3S/c1-25-19-8-14(2-3-18(19)26-11-17-12-27-13-22-17)20(24)23-6-4-15-9-21-10-16(15)5-7-23/h2-3,8,12-13,15-16,21H,4-7,9-11H2,1H3/t15-,16+. The van der Waals surface area contributed by atoms with Gasteiger partial charge in [-0.15, -0.1) is 11.3 Å². The van der Waals surface area contributed by atoms with Gasteiger partial charge in [0.1, 0.15) is 6.61 Å². The smallest absolute Gasteiger partial charge is 0.253 e. The van der Waals surface area contributed by atoms with Gasteiger partial charge in [-0.25, -0.2) is 4.98 Å². The predicted molar refractivity (Wildman–Crippen MR) is 104 cm³/mol. The summed E-state index contributed by atoms with van der Waals surface area (Å²) in [5.41, 5.74) is 3.31. The highest BCUT2D eigenvalue weighted by atomic mass is 32.1. The molecule has 0 saturated carbocycles. The SMILES string of the molecule is COc1cc(C(=O)N2CC[C@@H]3CNC[C@@H]3CC2)ccc1OCc1cscn1. The molecule has 6 nitrogen and oxygen atoms in total. The Bertz CT molecular complexity index is 767. The van der Waals surface area contributed by atoms with Crippen molar-refractivity contribution in [2.45, 2.75) is 19.4 Å². The van der Waals surface area contributed by atoms with E-state index in [1.54, 1.807) is 18.7 Å². The molecule has 7 heteroatoms. The monoisotopic (exact) mass is 387 g/mol. The van der Waals surface area contributed by atoms with Gasteiger partial charge in [-0.2, -0.15) is 0 Å². The largest absolute Gasteiger partial charge is 0.493 e. The second-order valence-electron chi connectivity index (χ2n) is 7.18. The number of aromatic nitrogens is 1. The molecule has 2 aliphatic rings. The van der Waals surface area contributed by atoms with E-state index in [0.717, 1.165) is 44.7 Å². The highest BCUT2D eigenvalue weighted by Gasteiger charge is 2.31. The molecule has 144 valence electrons. The summed E-state index contributed by atoms with van der Waals surface area (Å²) < 4.78 is 11.3. The number of hydrogen-bond acceptors (Lipinski definition) is 6. The summed E-state index contributed by atoms with van der Waals surface area (Å²) in [6.45, 7) is 4.21. The molecule has 0 radical (unpaired) electrons. The van der Waals surface area contributed by atoms with Crippen LogP contribution in [-0.4, -0.2) is 49.1 Å². The Hall–Kier alpha value is -2.12. The average molecular weight is 388 g/mol. The first kappa shape index (κ1) is 18.3. The Balaban J connectivity index is 1.44. The summed E-state index contributed by atoms with van der Waals surface area (Å²) >= 11 is 1.54. The van der Waals surface area contributed by atoms with Crippen molar-refractivity contribution in [1.82, 2.24) is 15.2 Å². The minimum Gasteiger partial charge on any atom is -0.493 e. The molecule has 3 heterocycles. The van der Waals surface area contributed by atoms with Crippen LogP contribution in [0.5, 0.6) is 11.5 Å². The lowest BCUT2D eigenvalue weighted by Gasteiger charge is -2.21. The van der Waals surface area contributed by atoms with E-state index in [1.807, 2.05) is 22.4 Å². The quantitative estimate of drug-likeness (QED) is 0.855. The molecule has 1 aromatic heterocycles. The number of methoxy groups -OCH3 is 1. The molecule has 1 N–H and O–H groups in total. The number of carbonyl (C=O) groups is 1. The van der Waals surface area contributed by atoms with E-state index in [1.165, 1.54) is 11.3 Å². The van der Waals surface area contributed by atoms with Gasteiger partial charge < -0.3 is 19.7 Å². The summed E-state index contributed by atoms with van der Waals surface area (Å²) in [7, 11) is 1.60. The van der Waals surface area contributed by atoms with Crippen LogP contribution in [0.3, 0.4) is 0 Å². The lowest BCUT2D eigenvalue weighted by molar-refractivity contribution is 0.0758. The number of thiazole rings is 1. The number of ether oxygens (including phenoxy) is 2. The number of likely N-dealkylation sites (tertiary alicyclic amines) is 1. The molecule has 1 amide bonds. The molecule has 4 rings (SSSR count). The van der Waals surface area contributed by atoms with Gasteiger partial charge in [0.15, 0.2) is 11.5 Å². The number of nitrogens with one attached hydrogen (secondary N) is 1. The van der Waals surface area contributed by atoms with Crippen LogP contribution < -0.4 is 14.8 Å². The number of amides is 1. The van der Waals surface area contributed by atoms with E-state index in [4.69, 9.17) is 9.47 Å². The van der Waals surface area contributed by atoms with Crippen molar-refractivity contribution in [3.63, 3.8) is 0 Å². The summed E-state index contributed by atoms with van der Waals surface area (Å²) in [5, 5.41) is 5.43. The Kier molecular flexibility index (Phi) is 5.59. The van der Waals surface area contributed by atoms with Crippen LogP contribution in [0.2, 0.25) is 0 Å². The van der Waals surface area contributed by atoms with Crippen LogP contribution >= 0.6 is 11.3 Å². The van der Waals surface area contributed by atoms with E-state index in [0.29, 0.717) is 35.5 Å². The zero-order valence-corrected chi connectivity index (χ0v) is 16.3. The van der Waals surface area contributed by atoms with Gasteiger partial charge in [0, 0.05) is 24.0 Å². The molecule has 0 bridgehead atoms. The third kappa shape index (κ3) is 4.09. The van der Waals surface area contributed by atoms with Gasteiger partial charge in [-0.3, -0.25) is 4.79 Å². The third-order valence-electron chi connectivity index (χ3n) is 5.58. The van der Waals surface area contributed by atoms with Crippen LogP contribution in [-0.2, 0) is 6.61 Å². The van der Waals surface area contributed by atoms with Crippen molar-refractivity contribution in [3.8, 4) is 11.5 Å². The van der Waals surface area contributed by atoms with E-state index < -0.39 is 0 Å². The minimum atomic E-state index is 0.0762. The molecule has 0 unspecified atom stereocenters. The predicted octanol–water partition coefficient (Wildman–Crippen LogP) is 2.80. The van der Waals surface area contributed by atoms with Gasteiger partial charge in [-0.05, 0) is 56.0 Å². The van der Waals surface area contributed by atoms with E-state index >= 15 is 0 Å². The normalized spacial score (nSPS) is 22.2. The van der Waals surface area contributed by atoms with Gasteiger partial charge in [0.2, 0.25) is 0 Å². The first-order valence-electron chi connectivity index (χ1n) is 9.42. The molecule has 0 aliphatic carbocycles. The maximum atomic E-state index is 13.0. The first-order valence-corrected chi connectivity index (χ1v) is 10.4. The second-order valence-corrected chi connectivity index (χ2v) is 7.90. The summed E-state index contributed by atoms with van der Waals surface area (Å²) in [5.74, 6) is 2.69. The van der Waals surface area contributed by atoms with Crippen molar-refractivity contribution in [2.24, 2.45) is 11.8 Å². The van der Waals surface area contributed by atoms with Crippen LogP contribution in [0.25, 0.3) is 0 Å². The van der Waals surface area contributed by atoms with Crippen molar-refractivity contribution >= 4 is 17.2 Å². The summed E-state index contributed by atoms with van der Waals surface area (Å²) in [4.78, 5) is 19.2. The number of rotatable bonds is 5. The van der Waals surface area contributed by atoms with E-state index in [2.05, 4.69) is 10.3 Å². The number of nitrogens with zero attached hydrogens (tertiary/aromatic N) is 2. The van der Waals surface area contributed by atoms with Crippen molar-refractivity contribution in [2.75, 3.05) is 33.3 Å². The van der Waals surface area contributed by atoms with Crippen LogP contribution in [0.1, 0.15) is 28.9 Å². The molecule has 2 aliphatic heterocycles. The van der Waals surface area contributed by atoms with E-state index in [9.17, 15) is 4.79 Å². The van der Waals surface area contributed by atoms with Crippen LogP contribution in [0.4, 0.5) is 0 Å². The fourth-order valence-electron chi connectivity index (χ4n) is 3.98. The molecule has 2 atom stereocenters. The molecule has 2 aromatic rings. The lowest BCUT2D eigenvalue weighted by Crippen LogP contribution is -2.32. The number of hydrogen-bond donors (Lipinski definition) is 1. The van der Waals surface area contributed by atoms with Gasteiger partial charge in [0.05, 0.1) is 18.3 Å². The molecule has 2 fully saturated rings. The fraction of sp³-hybridized carbons (Fsp3) is 0.500. The number of benzene rings is 1. The van der Waals surface area contributed by atoms with Crippen molar-refractivity contribution < 1.29 is 14.3 Å². The number of carbonyl (C=O) groups excluding carboxylic acids is 1. The number of fused-ring (bicyclic) bond motifs is 1. The molecule has 2 saturated heterocycles. The molecular formula is C20H25N3O3S. The van der Waals surface area contributed by atoms with Gasteiger partial charge in [0.25, 0.3) is 5.91 Å². The zero-order valence-electron chi connectivity index (χ0n) is 15.5. The molecule has 27 heavy (non-hydrogen) atoms. The maximum absolute atomic E-state index is 13.0. The van der Waals surface area contributed by atoms with E-state index in [-0.39, 0.29) is 5.91 Å². The fourth-order valence-corrected chi connectivity index (χ4v) is 4.53.